The monoisotopic (exact) mass is 468 g/mol. The number of aryl methyl sites for hydroxylation is 1. The van der Waals surface area contributed by atoms with E-state index in [0.717, 1.165) is 50.6 Å². The van der Waals surface area contributed by atoms with E-state index in [1.165, 1.54) is 0 Å². The summed E-state index contributed by atoms with van der Waals surface area (Å²) in [5, 5.41) is 10.4. The lowest BCUT2D eigenvalue weighted by Crippen LogP contribution is -2.43. The number of aromatic nitrogens is 1. The molecule has 30 heavy (non-hydrogen) atoms. The molecule has 156 valence electrons. The van der Waals surface area contributed by atoms with Crippen LogP contribution in [0.3, 0.4) is 0 Å². The fourth-order valence-electron chi connectivity index (χ4n) is 4.48. The topological polar surface area (TPSA) is 62.5 Å². The summed E-state index contributed by atoms with van der Waals surface area (Å²) in [6.07, 6.45) is 2.00. The van der Waals surface area contributed by atoms with Crippen LogP contribution >= 0.6 is 15.9 Å². The molecule has 6 heteroatoms. The first-order chi connectivity index (χ1) is 14.3. The Morgan fingerprint density at radius 3 is 2.70 bits per heavy atom. The van der Waals surface area contributed by atoms with Crippen LogP contribution in [-0.4, -0.2) is 39.5 Å². The van der Waals surface area contributed by atoms with E-state index in [1.807, 2.05) is 61.3 Å². The van der Waals surface area contributed by atoms with Crippen molar-refractivity contribution in [2.45, 2.75) is 45.2 Å². The average molecular weight is 469 g/mol. The number of carbonyl (C=O) groups excluding carboxylic acids is 1. The van der Waals surface area contributed by atoms with Gasteiger partial charge in [0.25, 0.3) is 0 Å². The van der Waals surface area contributed by atoms with Crippen molar-refractivity contribution in [1.82, 2.24) is 9.47 Å². The molecule has 0 fully saturated rings. The van der Waals surface area contributed by atoms with Crippen LogP contribution < -0.4 is 0 Å². The number of hydrogen-bond acceptors (Lipinski definition) is 2. The van der Waals surface area contributed by atoms with Crippen molar-refractivity contribution in [3.63, 3.8) is 0 Å². The Balaban J connectivity index is 1.58. The maximum absolute atomic E-state index is 13.0. The average Bonchev–Trinajstić information content (AvgIpc) is 3.02. The highest BCUT2D eigenvalue weighted by Gasteiger charge is 2.29. The molecule has 5 nitrogen and oxygen atoms in total. The van der Waals surface area contributed by atoms with Gasteiger partial charge in [-0.3, -0.25) is 9.59 Å². The number of nitrogens with zero attached hydrogens (tertiary/aromatic N) is 2. The summed E-state index contributed by atoms with van der Waals surface area (Å²) in [5.41, 5.74) is 5.20. The molecule has 4 rings (SSSR count). The van der Waals surface area contributed by atoms with E-state index in [0.29, 0.717) is 13.0 Å². The van der Waals surface area contributed by atoms with E-state index in [4.69, 9.17) is 0 Å². The Labute approximate surface area is 184 Å². The summed E-state index contributed by atoms with van der Waals surface area (Å²) in [4.78, 5) is 26.3. The smallest absolute Gasteiger partial charge is 0.307 e. The number of rotatable bonds is 5. The SMILES string of the molecule is Cc1ccc(CC(=O)N(C)[C@@H]2CCc3c(CC(=O)O)c4ccccc4n3C2)c(Br)c1. The predicted molar refractivity (Wildman–Crippen MR) is 121 cm³/mol. The van der Waals surface area contributed by atoms with Crippen molar-refractivity contribution < 1.29 is 14.7 Å². The van der Waals surface area contributed by atoms with Gasteiger partial charge in [-0.15, -0.1) is 0 Å². The minimum Gasteiger partial charge on any atom is -0.481 e. The van der Waals surface area contributed by atoms with Gasteiger partial charge in [-0.2, -0.15) is 0 Å². The molecule has 0 aliphatic carbocycles. The second-order valence-corrected chi connectivity index (χ2v) is 8.95. The van der Waals surface area contributed by atoms with E-state index in [1.54, 1.807) is 0 Å². The van der Waals surface area contributed by atoms with E-state index in [9.17, 15) is 14.7 Å². The van der Waals surface area contributed by atoms with Gasteiger partial charge in [-0.1, -0.05) is 46.3 Å². The summed E-state index contributed by atoms with van der Waals surface area (Å²) >= 11 is 3.57. The third-order valence-electron chi connectivity index (χ3n) is 6.12. The van der Waals surface area contributed by atoms with Gasteiger partial charge in [-0.05, 0) is 48.6 Å². The molecule has 3 aromatic rings. The molecule has 1 aliphatic heterocycles. The van der Waals surface area contributed by atoms with Crippen LogP contribution in [0.15, 0.2) is 46.9 Å². The molecule has 0 saturated heterocycles. The first-order valence-electron chi connectivity index (χ1n) is 10.2. The molecular formula is C24H25BrN2O3. The number of para-hydroxylation sites is 1. The lowest BCUT2D eigenvalue weighted by molar-refractivity contribution is -0.136. The molecular weight excluding hydrogens is 444 g/mol. The number of carboxylic acids is 1. The standard InChI is InChI=1S/C24H25BrN2O3/c1-15-7-8-16(20(25)11-15)12-23(28)26(2)17-9-10-22-19(13-24(29)30)18-5-3-4-6-21(18)27(22)14-17/h3-8,11,17H,9-10,12-14H2,1-2H3,(H,29,30)/t17-/m1/s1. The third-order valence-corrected chi connectivity index (χ3v) is 6.86. The molecule has 0 radical (unpaired) electrons. The lowest BCUT2D eigenvalue weighted by atomic mass is 9.99. The van der Waals surface area contributed by atoms with Crippen molar-refractivity contribution in [3.05, 3.63) is 69.3 Å². The Morgan fingerprint density at radius 1 is 1.20 bits per heavy atom. The molecule has 2 heterocycles. The van der Waals surface area contributed by atoms with Crippen LogP contribution in [0.1, 0.15) is 28.8 Å². The number of benzene rings is 2. The molecule has 0 unspecified atom stereocenters. The second kappa shape index (κ2) is 8.26. The number of carbonyl (C=O) groups is 2. The van der Waals surface area contributed by atoms with Crippen molar-refractivity contribution in [2.24, 2.45) is 0 Å². The highest BCUT2D eigenvalue weighted by atomic mass is 79.9. The largest absolute Gasteiger partial charge is 0.481 e. The number of likely N-dealkylation sites (N-methyl/N-ethyl adjacent to an activating group) is 1. The molecule has 1 aromatic heterocycles. The van der Waals surface area contributed by atoms with Crippen molar-refractivity contribution in [1.29, 1.82) is 0 Å². The number of carboxylic acid groups (broad SMARTS) is 1. The Hall–Kier alpha value is -2.60. The zero-order valence-corrected chi connectivity index (χ0v) is 18.8. The first kappa shape index (κ1) is 20.7. The van der Waals surface area contributed by atoms with E-state index < -0.39 is 5.97 Å². The number of fused-ring (bicyclic) bond motifs is 3. The number of hydrogen-bond donors (Lipinski definition) is 1. The number of aliphatic carboxylic acids is 1. The van der Waals surface area contributed by atoms with Crippen molar-refractivity contribution in [2.75, 3.05) is 7.05 Å². The van der Waals surface area contributed by atoms with Crippen LogP contribution in [0.2, 0.25) is 0 Å². The second-order valence-electron chi connectivity index (χ2n) is 8.09. The van der Waals surface area contributed by atoms with Gasteiger partial charge in [0.1, 0.15) is 0 Å². The highest BCUT2D eigenvalue weighted by Crippen LogP contribution is 2.32. The quantitative estimate of drug-likeness (QED) is 0.604. The van der Waals surface area contributed by atoms with E-state index >= 15 is 0 Å². The third kappa shape index (κ3) is 3.88. The molecule has 1 atom stereocenters. The minimum atomic E-state index is -0.813. The lowest BCUT2D eigenvalue weighted by Gasteiger charge is -2.33. The molecule has 0 bridgehead atoms. The number of halogens is 1. The summed E-state index contributed by atoms with van der Waals surface area (Å²) in [7, 11) is 1.88. The first-order valence-corrected chi connectivity index (χ1v) is 11.0. The van der Waals surface area contributed by atoms with Gasteiger partial charge in [0.2, 0.25) is 5.91 Å². The van der Waals surface area contributed by atoms with Crippen molar-refractivity contribution >= 4 is 38.7 Å². The molecule has 2 aromatic carbocycles. The van der Waals surface area contributed by atoms with Crippen LogP contribution in [0, 0.1) is 6.92 Å². The van der Waals surface area contributed by atoms with Crippen molar-refractivity contribution in [3.8, 4) is 0 Å². The zero-order valence-electron chi connectivity index (χ0n) is 17.2. The van der Waals surface area contributed by atoms with Gasteiger partial charge in [0, 0.05) is 40.7 Å². The Morgan fingerprint density at radius 2 is 1.97 bits per heavy atom. The molecule has 0 saturated carbocycles. The highest BCUT2D eigenvalue weighted by molar-refractivity contribution is 9.10. The zero-order chi connectivity index (χ0) is 21.4. The fourth-order valence-corrected chi connectivity index (χ4v) is 5.11. The van der Waals surface area contributed by atoms with Gasteiger partial charge in [-0.25, -0.2) is 0 Å². The van der Waals surface area contributed by atoms with Crippen LogP contribution in [0.5, 0.6) is 0 Å². The maximum atomic E-state index is 13.0. The van der Waals surface area contributed by atoms with Crippen LogP contribution in [-0.2, 0) is 35.4 Å². The predicted octanol–water partition coefficient (Wildman–Crippen LogP) is 4.36. The number of amides is 1. The summed E-state index contributed by atoms with van der Waals surface area (Å²) in [6.45, 7) is 2.72. The molecule has 0 spiro atoms. The normalized spacial score (nSPS) is 15.8. The van der Waals surface area contributed by atoms with Crippen LogP contribution in [0.25, 0.3) is 10.9 Å². The van der Waals surface area contributed by atoms with Gasteiger partial charge < -0.3 is 14.6 Å². The van der Waals surface area contributed by atoms with E-state index in [2.05, 4.69) is 20.5 Å². The summed E-state index contributed by atoms with van der Waals surface area (Å²) in [5.74, 6) is -0.720. The van der Waals surface area contributed by atoms with E-state index in [-0.39, 0.29) is 18.4 Å². The Kier molecular flexibility index (Phi) is 5.69. The van der Waals surface area contributed by atoms with Gasteiger partial charge in [0.15, 0.2) is 0 Å². The molecule has 1 N–H and O–H groups in total. The van der Waals surface area contributed by atoms with Gasteiger partial charge in [0.05, 0.1) is 12.8 Å². The molecule has 1 amide bonds. The summed E-state index contributed by atoms with van der Waals surface area (Å²) < 4.78 is 3.18. The minimum absolute atomic E-state index is 0.0315. The molecule has 1 aliphatic rings. The fraction of sp³-hybridized carbons (Fsp3) is 0.333. The maximum Gasteiger partial charge on any atom is 0.307 e. The Bertz CT molecular complexity index is 1130. The van der Waals surface area contributed by atoms with Gasteiger partial charge >= 0.3 is 5.97 Å². The summed E-state index contributed by atoms with van der Waals surface area (Å²) in [6, 6.07) is 14.1. The van der Waals surface area contributed by atoms with Crippen LogP contribution in [0.4, 0.5) is 0 Å².